The number of benzene rings is 1. The van der Waals surface area contributed by atoms with Gasteiger partial charge in [0.05, 0.1) is 10.9 Å². The summed E-state index contributed by atoms with van der Waals surface area (Å²) >= 11 is 1.08. The molecule has 1 heterocycles. The maximum Gasteiger partial charge on any atom is 0.327 e. The molecule has 25 heavy (non-hydrogen) atoms. The second kappa shape index (κ2) is 8.15. The number of hydrogen-bond acceptors (Lipinski definition) is 5. The Hall–Kier alpha value is -2.35. The number of anilines is 1. The molecular formula is C17H20N2O5S. The van der Waals surface area contributed by atoms with E-state index in [0.717, 1.165) is 17.3 Å². The molecule has 2 atom stereocenters. The molecule has 1 fully saturated rings. The van der Waals surface area contributed by atoms with Crippen molar-refractivity contribution in [3.63, 3.8) is 0 Å². The highest BCUT2D eigenvalue weighted by molar-refractivity contribution is 8.00. The van der Waals surface area contributed by atoms with Crippen LogP contribution in [0.25, 0.3) is 0 Å². The number of para-hydroxylation sites is 1. The van der Waals surface area contributed by atoms with E-state index >= 15 is 0 Å². The van der Waals surface area contributed by atoms with Gasteiger partial charge in [-0.15, -0.1) is 11.8 Å². The number of carboxylic acid groups (broad SMARTS) is 1. The Bertz CT molecular complexity index is 706. The Kier molecular flexibility index (Phi) is 6.19. The molecular weight excluding hydrogens is 344 g/mol. The molecule has 7 nitrogen and oxygen atoms in total. The molecule has 134 valence electrons. The number of nitrogens with one attached hydrogen (secondary N) is 1. The van der Waals surface area contributed by atoms with Gasteiger partial charge in [0.15, 0.2) is 0 Å². The Morgan fingerprint density at radius 1 is 1.36 bits per heavy atom. The van der Waals surface area contributed by atoms with Gasteiger partial charge in [0.1, 0.15) is 6.04 Å². The van der Waals surface area contributed by atoms with Crippen molar-refractivity contribution >= 4 is 41.1 Å². The predicted octanol–water partition coefficient (Wildman–Crippen LogP) is 1.20. The lowest BCUT2D eigenvalue weighted by Gasteiger charge is -2.19. The van der Waals surface area contributed by atoms with Gasteiger partial charge in [0, 0.05) is 19.1 Å². The largest absolute Gasteiger partial charge is 0.480 e. The van der Waals surface area contributed by atoms with Crippen LogP contribution in [-0.2, 0) is 25.6 Å². The average Bonchev–Trinajstić information content (AvgIpc) is 2.84. The number of hydrogen-bond donors (Lipinski definition) is 2. The van der Waals surface area contributed by atoms with Gasteiger partial charge < -0.3 is 10.4 Å². The van der Waals surface area contributed by atoms with Crippen molar-refractivity contribution in [1.29, 1.82) is 0 Å². The number of rotatable bonds is 7. The van der Waals surface area contributed by atoms with Crippen LogP contribution in [0.4, 0.5) is 5.69 Å². The lowest BCUT2D eigenvalue weighted by Crippen LogP contribution is -2.42. The number of thioether (sulfide) groups is 1. The van der Waals surface area contributed by atoms with Crippen molar-refractivity contribution in [1.82, 2.24) is 5.32 Å². The first kappa shape index (κ1) is 19.0. The third kappa shape index (κ3) is 4.39. The predicted molar refractivity (Wildman–Crippen MR) is 94.4 cm³/mol. The van der Waals surface area contributed by atoms with Crippen LogP contribution in [0.5, 0.6) is 0 Å². The number of carbonyl (C=O) groups is 4. The highest BCUT2D eigenvalue weighted by atomic mass is 32.2. The van der Waals surface area contributed by atoms with Gasteiger partial charge in [0.2, 0.25) is 17.7 Å². The van der Waals surface area contributed by atoms with E-state index in [9.17, 15) is 19.2 Å². The topological polar surface area (TPSA) is 104 Å². The van der Waals surface area contributed by atoms with E-state index in [1.54, 1.807) is 12.1 Å². The van der Waals surface area contributed by atoms with Crippen molar-refractivity contribution in [2.75, 3.05) is 10.7 Å². The summed E-state index contributed by atoms with van der Waals surface area (Å²) in [5.41, 5.74) is 1.48. The third-order valence-corrected chi connectivity index (χ3v) is 5.15. The third-order valence-electron chi connectivity index (χ3n) is 3.86. The van der Waals surface area contributed by atoms with Crippen LogP contribution in [0.15, 0.2) is 24.3 Å². The summed E-state index contributed by atoms with van der Waals surface area (Å²) < 4.78 is 0. The van der Waals surface area contributed by atoms with E-state index in [-0.39, 0.29) is 24.0 Å². The van der Waals surface area contributed by atoms with Crippen molar-refractivity contribution in [3.05, 3.63) is 29.8 Å². The first-order valence-corrected chi connectivity index (χ1v) is 8.96. The Labute approximate surface area is 149 Å². The molecule has 0 radical (unpaired) electrons. The molecule has 1 aromatic rings. The highest BCUT2D eigenvalue weighted by Gasteiger charge is 2.41. The van der Waals surface area contributed by atoms with Crippen LogP contribution in [0, 0.1) is 0 Å². The molecule has 1 aromatic carbocycles. The number of carbonyl (C=O) groups excluding carboxylic acids is 3. The highest BCUT2D eigenvalue weighted by Crippen LogP contribution is 2.32. The first-order chi connectivity index (χ1) is 11.8. The van der Waals surface area contributed by atoms with Crippen LogP contribution in [0.2, 0.25) is 0 Å². The lowest BCUT2D eigenvalue weighted by atomic mass is 10.1. The van der Waals surface area contributed by atoms with Crippen molar-refractivity contribution in [3.8, 4) is 0 Å². The molecule has 8 heteroatoms. The molecule has 1 aliphatic rings. The molecule has 1 aliphatic heterocycles. The summed E-state index contributed by atoms with van der Waals surface area (Å²) in [5, 5.41) is 10.8. The summed E-state index contributed by atoms with van der Waals surface area (Å²) in [4.78, 5) is 48.4. The summed E-state index contributed by atoms with van der Waals surface area (Å²) in [7, 11) is 0. The smallest absolute Gasteiger partial charge is 0.327 e. The van der Waals surface area contributed by atoms with Gasteiger partial charge in [-0.2, -0.15) is 0 Å². The summed E-state index contributed by atoms with van der Waals surface area (Å²) in [6, 6.07) is 6.13. The van der Waals surface area contributed by atoms with Crippen LogP contribution in [-0.4, -0.2) is 45.8 Å². The summed E-state index contributed by atoms with van der Waals surface area (Å²) in [6.07, 6.45) is 0.711. The van der Waals surface area contributed by atoms with E-state index in [1.165, 1.54) is 11.8 Å². The van der Waals surface area contributed by atoms with E-state index in [2.05, 4.69) is 5.32 Å². The minimum absolute atomic E-state index is 0.0157. The summed E-state index contributed by atoms with van der Waals surface area (Å²) in [5.74, 6) is -2.26. The molecule has 0 saturated carbocycles. The fourth-order valence-corrected chi connectivity index (χ4v) is 3.81. The van der Waals surface area contributed by atoms with Gasteiger partial charge in [-0.05, 0) is 18.1 Å². The normalized spacial score (nSPS) is 18.3. The molecule has 0 bridgehead atoms. The monoisotopic (exact) mass is 364 g/mol. The second-order valence-corrected chi connectivity index (χ2v) is 6.90. The molecule has 0 unspecified atom stereocenters. The summed E-state index contributed by atoms with van der Waals surface area (Å²) in [6.45, 7) is 3.18. The molecule has 0 aromatic heterocycles. The number of aliphatic carboxylic acids is 1. The zero-order valence-electron chi connectivity index (χ0n) is 14.0. The van der Waals surface area contributed by atoms with Crippen LogP contribution in [0.1, 0.15) is 25.8 Å². The second-order valence-electron chi connectivity index (χ2n) is 5.67. The lowest BCUT2D eigenvalue weighted by molar-refractivity contribution is -0.140. The van der Waals surface area contributed by atoms with Crippen LogP contribution >= 0.6 is 11.8 Å². The van der Waals surface area contributed by atoms with Crippen molar-refractivity contribution in [2.24, 2.45) is 0 Å². The quantitative estimate of drug-likeness (QED) is 0.705. The van der Waals surface area contributed by atoms with E-state index < -0.39 is 23.2 Å². The Balaban J connectivity index is 2.10. The fourth-order valence-electron chi connectivity index (χ4n) is 2.65. The van der Waals surface area contributed by atoms with E-state index in [0.29, 0.717) is 12.1 Å². The average molecular weight is 364 g/mol. The van der Waals surface area contributed by atoms with Gasteiger partial charge in [-0.25, -0.2) is 9.69 Å². The zero-order valence-corrected chi connectivity index (χ0v) is 14.8. The fraction of sp³-hybridized carbons (Fsp3) is 0.412. The minimum Gasteiger partial charge on any atom is -0.480 e. The standard InChI is InChI=1S/C17H20N2O5S/c1-3-11-6-4-5-7-13(11)19-15(21)8-14(16(19)22)25-9-12(17(23)24)18-10(2)20/h4-7,12,14H,3,8-9H2,1-2H3,(H,18,20)(H,23,24)/t12-,14-/m0/s1. The molecule has 1 saturated heterocycles. The van der Waals surface area contributed by atoms with Gasteiger partial charge in [0.25, 0.3) is 0 Å². The molecule has 2 N–H and O–H groups in total. The Morgan fingerprint density at radius 2 is 2.04 bits per heavy atom. The van der Waals surface area contributed by atoms with Crippen LogP contribution in [0.3, 0.4) is 0 Å². The number of nitrogens with zero attached hydrogens (tertiary/aromatic N) is 1. The van der Waals surface area contributed by atoms with Crippen molar-refractivity contribution < 1.29 is 24.3 Å². The zero-order chi connectivity index (χ0) is 18.6. The minimum atomic E-state index is -1.17. The van der Waals surface area contributed by atoms with Gasteiger partial charge in [-0.3, -0.25) is 14.4 Å². The van der Waals surface area contributed by atoms with Crippen molar-refractivity contribution in [2.45, 2.75) is 38.0 Å². The molecule has 0 aliphatic carbocycles. The number of carboxylic acids is 1. The molecule has 2 rings (SSSR count). The van der Waals surface area contributed by atoms with E-state index in [1.807, 2.05) is 19.1 Å². The van der Waals surface area contributed by atoms with Gasteiger partial charge >= 0.3 is 5.97 Å². The number of amides is 3. The van der Waals surface area contributed by atoms with E-state index in [4.69, 9.17) is 5.11 Å². The maximum atomic E-state index is 12.6. The maximum absolute atomic E-state index is 12.6. The number of aryl methyl sites for hydroxylation is 1. The van der Waals surface area contributed by atoms with Crippen LogP contribution < -0.4 is 10.2 Å². The first-order valence-electron chi connectivity index (χ1n) is 7.91. The number of imide groups is 1. The molecule has 0 spiro atoms. The Morgan fingerprint density at radius 3 is 2.64 bits per heavy atom. The SMILES string of the molecule is CCc1ccccc1N1C(=O)C[C@H](SC[C@H](NC(C)=O)C(=O)O)C1=O. The van der Waals surface area contributed by atoms with Gasteiger partial charge in [-0.1, -0.05) is 25.1 Å². The molecule has 3 amide bonds.